The molecule has 1 aliphatic carbocycles. The van der Waals surface area contributed by atoms with Gasteiger partial charge in [0, 0.05) is 6.04 Å². The van der Waals surface area contributed by atoms with Gasteiger partial charge in [-0.2, -0.15) is 0 Å². The van der Waals surface area contributed by atoms with Gasteiger partial charge in [0.1, 0.15) is 0 Å². The van der Waals surface area contributed by atoms with Gasteiger partial charge in [-0.05, 0) is 31.2 Å². The molecule has 0 heterocycles. The molecule has 0 bridgehead atoms. The third-order valence-electron chi connectivity index (χ3n) is 3.86. The lowest BCUT2D eigenvalue weighted by Crippen LogP contribution is -2.42. The zero-order valence-electron chi connectivity index (χ0n) is 11.6. The van der Waals surface area contributed by atoms with Crippen LogP contribution < -0.4 is 10.6 Å². The van der Waals surface area contributed by atoms with Gasteiger partial charge in [-0.15, -0.1) is 0 Å². The molecule has 1 saturated carbocycles. The van der Waals surface area contributed by atoms with Crippen molar-refractivity contribution in [2.45, 2.75) is 58.9 Å². The summed E-state index contributed by atoms with van der Waals surface area (Å²) in [6.45, 7) is 8.04. The van der Waals surface area contributed by atoms with Gasteiger partial charge >= 0.3 is 0 Å². The van der Waals surface area contributed by atoms with Gasteiger partial charge in [-0.1, -0.05) is 40.0 Å². The standard InChI is InChI=1S/C14H28N2O/c1-11(2)12(3)9-15-10-14(17)16-13-7-5-4-6-8-13/h11-13,15H,4-10H2,1-3H3,(H,16,17). The third-order valence-corrected chi connectivity index (χ3v) is 3.86. The molecule has 3 nitrogen and oxygen atoms in total. The molecule has 0 aromatic carbocycles. The quantitative estimate of drug-likeness (QED) is 0.748. The molecule has 17 heavy (non-hydrogen) atoms. The predicted molar refractivity (Wildman–Crippen MR) is 71.9 cm³/mol. The zero-order valence-corrected chi connectivity index (χ0v) is 11.6. The first-order valence-corrected chi connectivity index (χ1v) is 7.09. The summed E-state index contributed by atoms with van der Waals surface area (Å²) in [7, 11) is 0. The lowest BCUT2D eigenvalue weighted by atomic mass is 9.95. The van der Waals surface area contributed by atoms with Crippen molar-refractivity contribution in [3.63, 3.8) is 0 Å². The van der Waals surface area contributed by atoms with E-state index in [2.05, 4.69) is 31.4 Å². The lowest BCUT2D eigenvalue weighted by Gasteiger charge is -2.23. The van der Waals surface area contributed by atoms with E-state index in [0.29, 0.717) is 24.4 Å². The zero-order chi connectivity index (χ0) is 12.7. The molecule has 0 saturated heterocycles. The van der Waals surface area contributed by atoms with Crippen LogP contribution in [0.2, 0.25) is 0 Å². The maximum atomic E-state index is 11.7. The Labute approximate surface area is 106 Å². The first kappa shape index (κ1) is 14.5. The van der Waals surface area contributed by atoms with Crippen LogP contribution in [0.15, 0.2) is 0 Å². The van der Waals surface area contributed by atoms with Gasteiger partial charge in [0.2, 0.25) is 5.91 Å². The van der Waals surface area contributed by atoms with Crippen LogP contribution in [0.3, 0.4) is 0 Å². The summed E-state index contributed by atoms with van der Waals surface area (Å²) in [5, 5.41) is 6.36. The second-order valence-electron chi connectivity index (χ2n) is 5.75. The highest BCUT2D eigenvalue weighted by Gasteiger charge is 2.15. The van der Waals surface area contributed by atoms with E-state index in [4.69, 9.17) is 0 Å². The average molecular weight is 240 g/mol. The number of nitrogens with one attached hydrogen (secondary N) is 2. The Morgan fingerprint density at radius 3 is 2.41 bits per heavy atom. The number of rotatable bonds is 6. The monoisotopic (exact) mass is 240 g/mol. The highest BCUT2D eigenvalue weighted by Crippen LogP contribution is 2.17. The van der Waals surface area contributed by atoms with Gasteiger partial charge < -0.3 is 10.6 Å². The second kappa shape index (κ2) is 7.70. The Balaban J connectivity index is 2.08. The van der Waals surface area contributed by atoms with Crippen molar-refractivity contribution in [3.8, 4) is 0 Å². The molecule has 0 radical (unpaired) electrons. The van der Waals surface area contributed by atoms with Gasteiger partial charge in [-0.25, -0.2) is 0 Å². The maximum Gasteiger partial charge on any atom is 0.234 e. The Hall–Kier alpha value is -0.570. The second-order valence-corrected chi connectivity index (χ2v) is 5.75. The molecule has 1 unspecified atom stereocenters. The molecule has 1 rings (SSSR count). The van der Waals surface area contributed by atoms with E-state index in [1.165, 1.54) is 19.3 Å². The maximum absolute atomic E-state index is 11.7. The van der Waals surface area contributed by atoms with E-state index < -0.39 is 0 Å². The molecular weight excluding hydrogens is 212 g/mol. The van der Waals surface area contributed by atoms with Gasteiger partial charge in [0.05, 0.1) is 6.54 Å². The molecule has 1 fully saturated rings. The Kier molecular flexibility index (Phi) is 6.56. The van der Waals surface area contributed by atoms with Crippen molar-refractivity contribution in [3.05, 3.63) is 0 Å². The summed E-state index contributed by atoms with van der Waals surface area (Å²) < 4.78 is 0. The van der Waals surface area contributed by atoms with Crippen molar-refractivity contribution < 1.29 is 4.79 Å². The predicted octanol–water partition coefficient (Wildman–Crippen LogP) is 2.32. The van der Waals surface area contributed by atoms with Crippen molar-refractivity contribution >= 4 is 5.91 Å². The summed E-state index contributed by atoms with van der Waals surface area (Å²) in [5.41, 5.74) is 0. The largest absolute Gasteiger partial charge is 0.352 e. The summed E-state index contributed by atoms with van der Waals surface area (Å²) in [4.78, 5) is 11.7. The normalized spacial score (nSPS) is 19.3. The summed E-state index contributed by atoms with van der Waals surface area (Å²) in [5.74, 6) is 1.45. The van der Waals surface area contributed by atoms with E-state index >= 15 is 0 Å². The van der Waals surface area contributed by atoms with Crippen LogP contribution in [-0.4, -0.2) is 25.0 Å². The molecule has 0 aliphatic heterocycles. The molecule has 1 amide bonds. The number of hydrogen-bond donors (Lipinski definition) is 2. The van der Waals surface area contributed by atoms with Crippen molar-refractivity contribution in [2.75, 3.05) is 13.1 Å². The first-order valence-electron chi connectivity index (χ1n) is 7.09. The van der Waals surface area contributed by atoms with E-state index in [1.54, 1.807) is 0 Å². The number of carbonyl (C=O) groups is 1. The van der Waals surface area contributed by atoms with E-state index in [-0.39, 0.29) is 5.91 Å². The molecule has 0 aromatic rings. The van der Waals surface area contributed by atoms with Crippen LogP contribution in [0.1, 0.15) is 52.9 Å². The smallest absolute Gasteiger partial charge is 0.234 e. The van der Waals surface area contributed by atoms with Gasteiger partial charge in [0.25, 0.3) is 0 Å². The van der Waals surface area contributed by atoms with Crippen LogP contribution in [0.4, 0.5) is 0 Å². The van der Waals surface area contributed by atoms with E-state index in [9.17, 15) is 4.79 Å². The summed E-state index contributed by atoms with van der Waals surface area (Å²) in [6.07, 6.45) is 6.18. The minimum atomic E-state index is 0.160. The fourth-order valence-corrected chi connectivity index (χ4v) is 2.17. The number of amides is 1. The molecular formula is C14H28N2O. The molecule has 0 spiro atoms. The fourth-order valence-electron chi connectivity index (χ4n) is 2.17. The summed E-state index contributed by atoms with van der Waals surface area (Å²) in [6, 6.07) is 0.431. The Morgan fingerprint density at radius 2 is 1.82 bits per heavy atom. The van der Waals surface area contributed by atoms with E-state index in [1.807, 2.05) is 0 Å². The molecule has 0 aromatic heterocycles. The number of carbonyl (C=O) groups excluding carboxylic acids is 1. The average Bonchev–Trinajstić information content (AvgIpc) is 2.30. The number of hydrogen-bond acceptors (Lipinski definition) is 2. The van der Waals surface area contributed by atoms with Crippen LogP contribution in [-0.2, 0) is 4.79 Å². The van der Waals surface area contributed by atoms with Crippen molar-refractivity contribution in [2.24, 2.45) is 11.8 Å². The fraction of sp³-hybridized carbons (Fsp3) is 0.929. The highest BCUT2D eigenvalue weighted by atomic mass is 16.1. The van der Waals surface area contributed by atoms with Crippen molar-refractivity contribution in [1.29, 1.82) is 0 Å². The SMILES string of the molecule is CC(C)C(C)CNCC(=O)NC1CCCCC1. The highest BCUT2D eigenvalue weighted by molar-refractivity contribution is 5.78. The Bertz CT molecular complexity index is 222. The molecule has 1 aliphatic rings. The molecule has 100 valence electrons. The minimum absolute atomic E-state index is 0.160. The molecule has 3 heteroatoms. The van der Waals surface area contributed by atoms with Crippen LogP contribution in [0.5, 0.6) is 0 Å². The van der Waals surface area contributed by atoms with Crippen molar-refractivity contribution in [1.82, 2.24) is 10.6 Å². The minimum Gasteiger partial charge on any atom is -0.352 e. The topological polar surface area (TPSA) is 41.1 Å². The van der Waals surface area contributed by atoms with Crippen LogP contribution in [0, 0.1) is 11.8 Å². The molecule has 1 atom stereocenters. The third kappa shape index (κ3) is 6.06. The van der Waals surface area contributed by atoms with Gasteiger partial charge in [0.15, 0.2) is 0 Å². The van der Waals surface area contributed by atoms with Crippen LogP contribution >= 0.6 is 0 Å². The molecule has 2 N–H and O–H groups in total. The Morgan fingerprint density at radius 1 is 1.18 bits per heavy atom. The van der Waals surface area contributed by atoms with Gasteiger partial charge in [-0.3, -0.25) is 4.79 Å². The first-order chi connectivity index (χ1) is 8.09. The summed E-state index contributed by atoms with van der Waals surface area (Å²) >= 11 is 0. The van der Waals surface area contributed by atoms with E-state index in [0.717, 1.165) is 19.4 Å². The van der Waals surface area contributed by atoms with Crippen LogP contribution in [0.25, 0.3) is 0 Å². The lowest BCUT2D eigenvalue weighted by molar-refractivity contribution is -0.121.